The molecule has 0 aromatic heterocycles. The summed E-state index contributed by atoms with van der Waals surface area (Å²) >= 11 is 0. The van der Waals surface area contributed by atoms with Gasteiger partial charge in [-0.25, -0.2) is 4.79 Å². The first-order chi connectivity index (χ1) is 15.1. The van der Waals surface area contributed by atoms with E-state index in [2.05, 4.69) is 0 Å². The van der Waals surface area contributed by atoms with Crippen LogP contribution in [0.5, 0.6) is 17.2 Å². The molecule has 1 aliphatic heterocycles. The second kappa shape index (κ2) is 9.91. The number of benzene rings is 2. The van der Waals surface area contributed by atoms with Gasteiger partial charge in [-0.1, -0.05) is 0 Å². The number of phenolic OH excluding ortho intramolecular Hbond substituents is 2. The summed E-state index contributed by atoms with van der Waals surface area (Å²) in [5.41, 5.74) is 0.494. The molecule has 176 valence electrons. The molecule has 1 aliphatic rings. The van der Waals surface area contributed by atoms with Crippen LogP contribution in [0.1, 0.15) is 48.5 Å². The monoisotopic (exact) mass is 450 g/mol. The summed E-state index contributed by atoms with van der Waals surface area (Å²) in [7, 11) is 1.45. The van der Waals surface area contributed by atoms with Crippen molar-refractivity contribution >= 4 is 16.7 Å². The zero-order valence-electron chi connectivity index (χ0n) is 18.1. The third-order valence-electron chi connectivity index (χ3n) is 5.64. The van der Waals surface area contributed by atoms with E-state index in [-0.39, 0.29) is 54.6 Å². The van der Waals surface area contributed by atoms with Gasteiger partial charge in [0.05, 0.1) is 36.9 Å². The first-order valence-electron chi connectivity index (χ1n) is 10.6. The van der Waals surface area contributed by atoms with Crippen LogP contribution >= 0.6 is 0 Å². The van der Waals surface area contributed by atoms with Gasteiger partial charge in [-0.2, -0.15) is 0 Å². The topological polar surface area (TPSA) is 157 Å². The van der Waals surface area contributed by atoms with Crippen LogP contribution < -0.4 is 4.74 Å². The van der Waals surface area contributed by atoms with E-state index in [1.54, 1.807) is 12.1 Å². The Morgan fingerprint density at radius 1 is 1.03 bits per heavy atom. The summed E-state index contributed by atoms with van der Waals surface area (Å²) in [5, 5.41) is 61.0. The third-order valence-corrected chi connectivity index (χ3v) is 5.64. The highest BCUT2D eigenvalue weighted by molar-refractivity contribution is 6.05. The Morgan fingerprint density at radius 2 is 1.69 bits per heavy atom. The van der Waals surface area contributed by atoms with E-state index in [9.17, 15) is 35.4 Å². The molecular formula is C23H30O9. The molecule has 0 bridgehead atoms. The SMILES string of the molecule is COc1cc(O)c2c(O)c3c(cc2c1)C[C@@H](C[C@H](O)C[C@H](O)C[C@H](O)C[C@H](C)O)OC3=O. The molecule has 0 radical (unpaired) electrons. The summed E-state index contributed by atoms with van der Waals surface area (Å²) < 4.78 is 10.5. The van der Waals surface area contributed by atoms with Crippen molar-refractivity contribution in [2.24, 2.45) is 0 Å². The quantitative estimate of drug-likeness (QED) is 0.310. The number of carbonyl (C=O) groups excluding carboxylic acids is 1. The molecule has 0 saturated heterocycles. The maximum atomic E-state index is 12.6. The number of cyclic esters (lactones) is 1. The Bertz CT molecular complexity index is 972. The number of methoxy groups -OCH3 is 1. The van der Waals surface area contributed by atoms with Gasteiger partial charge in [0.15, 0.2) is 0 Å². The predicted octanol–water partition coefficient (Wildman–Crippen LogP) is 1.36. The molecule has 9 heteroatoms. The minimum atomic E-state index is -0.985. The Labute approximate surface area is 185 Å². The summed E-state index contributed by atoms with van der Waals surface area (Å²) in [6.45, 7) is 1.54. The number of aliphatic hydroxyl groups excluding tert-OH is 4. The van der Waals surface area contributed by atoms with Gasteiger partial charge in [-0.05, 0) is 49.3 Å². The Kier molecular flexibility index (Phi) is 7.45. The van der Waals surface area contributed by atoms with Gasteiger partial charge in [0.2, 0.25) is 0 Å². The molecule has 2 aromatic carbocycles. The van der Waals surface area contributed by atoms with Gasteiger partial charge in [0.1, 0.15) is 28.9 Å². The maximum Gasteiger partial charge on any atom is 0.342 e. The summed E-state index contributed by atoms with van der Waals surface area (Å²) in [4.78, 5) is 12.6. The van der Waals surface area contributed by atoms with E-state index in [1.807, 2.05) is 0 Å². The second-order valence-corrected chi connectivity index (χ2v) is 8.49. The van der Waals surface area contributed by atoms with Crippen molar-refractivity contribution in [3.8, 4) is 17.2 Å². The van der Waals surface area contributed by atoms with Gasteiger partial charge < -0.3 is 40.1 Å². The molecule has 6 N–H and O–H groups in total. The van der Waals surface area contributed by atoms with E-state index in [1.165, 1.54) is 20.1 Å². The van der Waals surface area contributed by atoms with Crippen LogP contribution in [0.15, 0.2) is 18.2 Å². The lowest BCUT2D eigenvalue weighted by Gasteiger charge is -2.28. The zero-order chi connectivity index (χ0) is 23.6. The van der Waals surface area contributed by atoms with Crippen LogP contribution in [0.4, 0.5) is 0 Å². The minimum Gasteiger partial charge on any atom is -0.507 e. The number of ether oxygens (including phenoxy) is 2. The number of fused-ring (bicyclic) bond motifs is 2. The van der Waals surface area contributed by atoms with E-state index < -0.39 is 36.5 Å². The smallest absolute Gasteiger partial charge is 0.342 e. The van der Waals surface area contributed by atoms with Crippen molar-refractivity contribution in [1.29, 1.82) is 0 Å². The molecule has 32 heavy (non-hydrogen) atoms. The molecule has 0 spiro atoms. The molecule has 9 nitrogen and oxygen atoms in total. The molecule has 0 fully saturated rings. The molecule has 0 aliphatic carbocycles. The molecule has 0 amide bonds. The lowest BCUT2D eigenvalue weighted by atomic mass is 9.90. The lowest BCUT2D eigenvalue weighted by Crippen LogP contribution is -2.33. The van der Waals surface area contributed by atoms with Crippen molar-refractivity contribution in [1.82, 2.24) is 0 Å². The molecule has 1 heterocycles. The normalized spacial score (nSPS) is 19.7. The largest absolute Gasteiger partial charge is 0.507 e. The highest BCUT2D eigenvalue weighted by atomic mass is 16.5. The van der Waals surface area contributed by atoms with Crippen LogP contribution in [0, 0.1) is 0 Å². The molecule has 3 rings (SSSR count). The van der Waals surface area contributed by atoms with Gasteiger partial charge in [0.25, 0.3) is 0 Å². The van der Waals surface area contributed by atoms with Crippen molar-refractivity contribution in [3.63, 3.8) is 0 Å². The fourth-order valence-corrected chi connectivity index (χ4v) is 4.28. The number of aromatic hydroxyl groups is 2. The van der Waals surface area contributed by atoms with Crippen LogP contribution in [0.25, 0.3) is 10.8 Å². The zero-order valence-corrected chi connectivity index (χ0v) is 18.1. The number of carbonyl (C=O) groups is 1. The second-order valence-electron chi connectivity index (χ2n) is 8.49. The van der Waals surface area contributed by atoms with Crippen LogP contribution in [-0.4, -0.2) is 74.2 Å². The fourth-order valence-electron chi connectivity index (χ4n) is 4.28. The summed E-state index contributed by atoms with van der Waals surface area (Å²) in [5.74, 6) is -0.960. The van der Waals surface area contributed by atoms with Crippen molar-refractivity contribution in [3.05, 3.63) is 29.3 Å². The van der Waals surface area contributed by atoms with Crippen molar-refractivity contribution in [2.75, 3.05) is 7.11 Å². The summed E-state index contributed by atoms with van der Waals surface area (Å²) in [6.07, 6.45) is -3.80. The Morgan fingerprint density at radius 3 is 2.34 bits per heavy atom. The number of hydrogen-bond acceptors (Lipinski definition) is 9. The first kappa shape index (κ1) is 24.1. The number of phenols is 2. The highest BCUT2D eigenvalue weighted by Crippen LogP contribution is 2.42. The highest BCUT2D eigenvalue weighted by Gasteiger charge is 2.32. The van der Waals surface area contributed by atoms with Crippen molar-refractivity contribution in [2.45, 2.75) is 69.5 Å². The first-order valence-corrected chi connectivity index (χ1v) is 10.6. The average molecular weight is 450 g/mol. The van der Waals surface area contributed by atoms with Gasteiger partial charge >= 0.3 is 5.97 Å². The van der Waals surface area contributed by atoms with Gasteiger partial charge in [0, 0.05) is 18.9 Å². The molecule has 2 aromatic rings. The van der Waals surface area contributed by atoms with E-state index >= 15 is 0 Å². The number of hydrogen-bond donors (Lipinski definition) is 6. The molecule has 5 atom stereocenters. The van der Waals surface area contributed by atoms with Crippen LogP contribution in [-0.2, 0) is 11.2 Å². The third kappa shape index (κ3) is 5.42. The standard InChI is InChI=1S/C23H30O9/c1-11(24)3-14(25)7-15(26)8-16(27)9-18-6-13-4-12-5-17(31-2)10-19(28)20(12)22(29)21(13)23(30)32-18/h4-5,10-11,14-16,18,24-29H,3,6-9H2,1-2H3/t11-,14+,15+,16+,18-/m0/s1. The van der Waals surface area contributed by atoms with Gasteiger partial charge in [-0.15, -0.1) is 0 Å². The molecular weight excluding hydrogens is 420 g/mol. The average Bonchev–Trinajstić information content (AvgIpc) is 2.65. The number of rotatable bonds is 9. The van der Waals surface area contributed by atoms with Gasteiger partial charge in [-0.3, -0.25) is 0 Å². The number of aliphatic hydroxyl groups is 4. The minimum absolute atomic E-state index is 0.0143. The van der Waals surface area contributed by atoms with E-state index in [0.717, 1.165) is 0 Å². The van der Waals surface area contributed by atoms with Crippen LogP contribution in [0.3, 0.4) is 0 Å². The lowest BCUT2D eigenvalue weighted by molar-refractivity contribution is -0.00684. The Balaban J connectivity index is 1.72. The van der Waals surface area contributed by atoms with Crippen LogP contribution in [0.2, 0.25) is 0 Å². The molecule has 0 saturated carbocycles. The summed E-state index contributed by atoms with van der Waals surface area (Å²) in [6, 6.07) is 4.65. The van der Waals surface area contributed by atoms with E-state index in [0.29, 0.717) is 16.7 Å². The maximum absolute atomic E-state index is 12.6. The predicted molar refractivity (Wildman–Crippen MR) is 115 cm³/mol. The molecule has 0 unspecified atom stereocenters. The Hall–Kier alpha value is -2.59. The van der Waals surface area contributed by atoms with E-state index in [4.69, 9.17) is 9.47 Å². The van der Waals surface area contributed by atoms with Crippen molar-refractivity contribution < 1.29 is 44.9 Å². The fraction of sp³-hybridized carbons (Fsp3) is 0.522. The number of esters is 1.